The van der Waals surface area contributed by atoms with Crippen LogP contribution in [0, 0.1) is 5.41 Å². The van der Waals surface area contributed by atoms with Crippen LogP contribution in [0.3, 0.4) is 0 Å². The summed E-state index contributed by atoms with van der Waals surface area (Å²) in [6.07, 6.45) is 15.9. The summed E-state index contributed by atoms with van der Waals surface area (Å²) >= 11 is 0. The fourth-order valence-corrected chi connectivity index (χ4v) is 3.25. The van der Waals surface area contributed by atoms with Crippen LogP contribution in [-0.4, -0.2) is 6.29 Å². The highest BCUT2D eigenvalue weighted by atomic mass is 16.1. The van der Waals surface area contributed by atoms with E-state index in [0.29, 0.717) is 0 Å². The van der Waals surface area contributed by atoms with E-state index in [1.807, 2.05) is 13.0 Å². The van der Waals surface area contributed by atoms with E-state index in [4.69, 9.17) is 0 Å². The van der Waals surface area contributed by atoms with Gasteiger partial charge in [-0.2, -0.15) is 0 Å². The summed E-state index contributed by atoms with van der Waals surface area (Å²) in [6, 6.07) is 0. The third-order valence-corrected chi connectivity index (χ3v) is 4.81. The summed E-state index contributed by atoms with van der Waals surface area (Å²) in [5, 5.41) is 0. The molecule has 0 radical (unpaired) electrons. The smallest absolute Gasteiger partial charge is 0.143 e. The lowest BCUT2D eigenvalue weighted by molar-refractivity contribution is -0.104. The van der Waals surface area contributed by atoms with Gasteiger partial charge in [-0.15, -0.1) is 0 Å². The second kappa shape index (κ2) is 8.86. The average Bonchev–Trinajstić information content (AvgIpc) is 2.47. The molecule has 0 saturated carbocycles. The number of carbonyl (C=O) groups excluding carboxylic acids is 1. The molecule has 0 bridgehead atoms. The van der Waals surface area contributed by atoms with Crippen LogP contribution in [0.15, 0.2) is 58.2 Å². The molecule has 1 nitrogen and oxygen atoms in total. The zero-order valence-corrected chi connectivity index (χ0v) is 15.7. The minimum atomic E-state index is 0.282. The van der Waals surface area contributed by atoms with Crippen molar-refractivity contribution in [2.45, 2.75) is 67.2 Å². The maximum Gasteiger partial charge on any atom is 0.143 e. The fourth-order valence-electron chi connectivity index (χ4n) is 3.25. The number of carbonyl (C=O) groups is 1. The molecule has 0 aromatic carbocycles. The summed E-state index contributed by atoms with van der Waals surface area (Å²) in [6.45, 7) is 13.3. The Hall–Kier alpha value is -1.63. The summed E-state index contributed by atoms with van der Waals surface area (Å²) in [7, 11) is 0. The number of aldehydes is 1. The van der Waals surface area contributed by atoms with Gasteiger partial charge in [0.15, 0.2) is 0 Å². The van der Waals surface area contributed by atoms with Crippen LogP contribution >= 0.6 is 0 Å². The minimum absolute atomic E-state index is 0.282. The molecular weight excluding hydrogens is 280 g/mol. The van der Waals surface area contributed by atoms with Gasteiger partial charge in [-0.05, 0) is 80.2 Å². The van der Waals surface area contributed by atoms with Crippen LogP contribution in [-0.2, 0) is 4.79 Å². The van der Waals surface area contributed by atoms with Crippen molar-refractivity contribution in [3.63, 3.8) is 0 Å². The van der Waals surface area contributed by atoms with Crippen LogP contribution in [0.5, 0.6) is 0 Å². The van der Waals surface area contributed by atoms with Crippen molar-refractivity contribution in [2.24, 2.45) is 5.41 Å². The first-order valence-corrected chi connectivity index (χ1v) is 8.70. The van der Waals surface area contributed by atoms with Crippen molar-refractivity contribution in [1.29, 1.82) is 0 Å². The molecule has 0 unspecified atom stereocenters. The molecule has 0 N–H and O–H groups in total. The second-order valence-electron chi connectivity index (χ2n) is 7.21. The van der Waals surface area contributed by atoms with Crippen LogP contribution in [0.2, 0.25) is 0 Å². The predicted molar refractivity (Wildman–Crippen MR) is 101 cm³/mol. The molecule has 0 atom stereocenters. The molecule has 0 amide bonds. The maximum atomic E-state index is 10.5. The molecule has 0 aromatic heterocycles. The molecule has 0 aliphatic heterocycles. The number of hydrogen-bond donors (Lipinski definition) is 0. The van der Waals surface area contributed by atoms with Crippen molar-refractivity contribution < 1.29 is 4.79 Å². The highest BCUT2D eigenvalue weighted by Gasteiger charge is 2.26. The van der Waals surface area contributed by atoms with E-state index < -0.39 is 0 Å². The van der Waals surface area contributed by atoms with Gasteiger partial charge in [0.05, 0.1) is 0 Å². The Morgan fingerprint density at radius 3 is 2.43 bits per heavy atom. The average molecular weight is 312 g/mol. The molecule has 1 aliphatic rings. The number of rotatable bonds is 6. The quantitative estimate of drug-likeness (QED) is 0.311. The van der Waals surface area contributed by atoms with Gasteiger partial charge in [0.1, 0.15) is 6.29 Å². The SMILES string of the molecule is CCC(/C=C\C(C)=C/C=O)=C(C)/C=C\C1=C(C)CCCC1(C)C. The first-order valence-electron chi connectivity index (χ1n) is 8.70. The minimum Gasteiger partial charge on any atom is -0.299 e. The standard InChI is InChI=1S/C22H32O/c1-7-20(12-10-17(2)14-16-23)18(3)11-13-21-19(4)9-8-15-22(21,5)6/h10-14,16H,7-9,15H2,1-6H3/b12-10-,13-11-,17-14-,20-18-. The summed E-state index contributed by atoms with van der Waals surface area (Å²) in [5.41, 5.74) is 6.90. The molecule has 0 fully saturated rings. The Morgan fingerprint density at radius 2 is 1.87 bits per heavy atom. The van der Waals surface area contributed by atoms with Gasteiger partial charge in [-0.1, -0.05) is 50.6 Å². The van der Waals surface area contributed by atoms with Gasteiger partial charge in [-0.25, -0.2) is 0 Å². The Bertz CT molecular complexity index is 577. The van der Waals surface area contributed by atoms with Crippen molar-refractivity contribution in [3.05, 3.63) is 58.2 Å². The lowest BCUT2D eigenvalue weighted by Gasteiger charge is -2.33. The highest BCUT2D eigenvalue weighted by molar-refractivity contribution is 5.67. The van der Waals surface area contributed by atoms with E-state index in [1.54, 1.807) is 6.08 Å². The normalized spacial score (nSPS) is 20.3. The Kier molecular flexibility index (Phi) is 7.48. The molecular formula is C22H32O. The van der Waals surface area contributed by atoms with Gasteiger partial charge >= 0.3 is 0 Å². The third kappa shape index (κ3) is 5.82. The topological polar surface area (TPSA) is 17.1 Å². The molecule has 23 heavy (non-hydrogen) atoms. The van der Waals surface area contributed by atoms with Gasteiger partial charge in [-0.3, -0.25) is 4.79 Å². The zero-order chi connectivity index (χ0) is 17.5. The van der Waals surface area contributed by atoms with E-state index >= 15 is 0 Å². The first kappa shape index (κ1) is 19.4. The zero-order valence-electron chi connectivity index (χ0n) is 15.7. The van der Waals surface area contributed by atoms with Crippen molar-refractivity contribution in [3.8, 4) is 0 Å². The largest absolute Gasteiger partial charge is 0.299 e. The first-order chi connectivity index (χ1) is 10.8. The molecule has 0 saturated heterocycles. The van der Waals surface area contributed by atoms with E-state index in [-0.39, 0.29) is 5.41 Å². The van der Waals surface area contributed by atoms with Crippen molar-refractivity contribution in [1.82, 2.24) is 0 Å². The highest BCUT2D eigenvalue weighted by Crippen LogP contribution is 2.40. The summed E-state index contributed by atoms with van der Waals surface area (Å²) < 4.78 is 0. The van der Waals surface area contributed by atoms with Crippen LogP contribution in [0.1, 0.15) is 67.2 Å². The number of allylic oxidation sites excluding steroid dienone is 10. The molecule has 1 aliphatic carbocycles. The third-order valence-electron chi connectivity index (χ3n) is 4.81. The molecule has 0 aromatic rings. The fraction of sp³-hybridized carbons (Fsp3) is 0.500. The van der Waals surface area contributed by atoms with E-state index in [1.165, 1.54) is 41.6 Å². The van der Waals surface area contributed by atoms with Crippen molar-refractivity contribution in [2.75, 3.05) is 0 Å². The van der Waals surface area contributed by atoms with Gasteiger partial charge in [0.25, 0.3) is 0 Å². The van der Waals surface area contributed by atoms with Crippen LogP contribution in [0.4, 0.5) is 0 Å². The number of hydrogen-bond acceptors (Lipinski definition) is 1. The summed E-state index contributed by atoms with van der Waals surface area (Å²) in [4.78, 5) is 10.5. The lowest BCUT2D eigenvalue weighted by Crippen LogP contribution is -2.19. The van der Waals surface area contributed by atoms with Gasteiger partial charge in [0.2, 0.25) is 0 Å². The molecule has 0 heterocycles. The monoisotopic (exact) mass is 312 g/mol. The Labute approximate surface area is 142 Å². The van der Waals surface area contributed by atoms with Crippen molar-refractivity contribution >= 4 is 6.29 Å². The van der Waals surface area contributed by atoms with Crippen LogP contribution < -0.4 is 0 Å². The Morgan fingerprint density at radius 1 is 1.17 bits per heavy atom. The molecule has 1 rings (SSSR count). The predicted octanol–water partition coefficient (Wildman–Crippen LogP) is 6.50. The van der Waals surface area contributed by atoms with Gasteiger partial charge < -0.3 is 0 Å². The second-order valence-corrected chi connectivity index (χ2v) is 7.21. The van der Waals surface area contributed by atoms with E-state index in [0.717, 1.165) is 18.3 Å². The molecule has 0 spiro atoms. The Balaban J connectivity index is 3.04. The lowest BCUT2D eigenvalue weighted by atomic mass is 9.72. The van der Waals surface area contributed by atoms with E-state index in [2.05, 4.69) is 52.8 Å². The molecule has 126 valence electrons. The molecule has 1 heteroatoms. The van der Waals surface area contributed by atoms with Gasteiger partial charge in [0, 0.05) is 0 Å². The van der Waals surface area contributed by atoms with E-state index in [9.17, 15) is 4.79 Å². The van der Waals surface area contributed by atoms with Crippen LogP contribution in [0.25, 0.3) is 0 Å². The maximum absolute atomic E-state index is 10.5. The summed E-state index contributed by atoms with van der Waals surface area (Å²) in [5.74, 6) is 0.